The van der Waals surface area contributed by atoms with E-state index < -0.39 is 86.0 Å². The Kier molecular flexibility index (Phi) is 7.95. The van der Waals surface area contributed by atoms with E-state index in [4.69, 9.17) is 18.9 Å². The maximum Gasteiger partial charge on any atom is 0.313 e. The minimum Gasteiger partial charge on any atom is -0.432 e. The van der Waals surface area contributed by atoms with Crippen LogP contribution in [0.25, 0.3) is 0 Å². The van der Waals surface area contributed by atoms with E-state index in [1.807, 2.05) is 0 Å². The molecule has 2 aliphatic heterocycles. The lowest BCUT2D eigenvalue weighted by molar-refractivity contribution is -0.327. The number of aliphatic hydroxyl groups is 7. The topological polar surface area (TPSA) is 196 Å². The second kappa shape index (κ2) is 9.47. The first kappa shape index (κ1) is 24.3. The summed E-state index contributed by atoms with van der Waals surface area (Å²) in [5.74, 6) is -0.709. The Hall–Kier alpha value is -0.930. The summed E-state index contributed by atoms with van der Waals surface area (Å²) in [5, 5.41) is 68.9. The molecule has 2 aliphatic rings. The predicted molar refractivity (Wildman–Crippen MR) is 91.9 cm³/mol. The number of hydrogen-bond donors (Lipinski definition) is 7. The van der Waals surface area contributed by atoms with Gasteiger partial charge in [-0.15, -0.1) is 0 Å². The SMILES string of the molecule is CC(C)(C)C(=O)OC1O[C@H](COC2OC(CO)C(O)C(O)C2O)[C@@H](O)[C@H](O)[C@@H]1O. The highest BCUT2D eigenvalue weighted by molar-refractivity contribution is 5.75. The molecule has 2 rings (SSSR count). The van der Waals surface area contributed by atoms with E-state index in [1.54, 1.807) is 20.8 Å². The minimum atomic E-state index is -1.72. The summed E-state index contributed by atoms with van der Waals surface area (Å²) in [6.07, 6.45) is -15.5. The first-order valence-electron chi connectivity index (χ1n) is 9.21. The standard InChI is InChI=1S/C17H30O12/c1-17(2,3)16(25)29-15-13(24)11(22)9(20)7(28-15)5-26-14-12(23)10(21)8(19)6(4-18)27-14/h6-15,18-24H,4-5H2,1-3H3/t6?,7-,8?,9-,10?,11+,12?,13+,14?,15?/m1/s1. The lowest BCUT2D eigenvalue weighted by Crippen LogP contribution is -2.62. The Labute approximate surface area is 167 Å². The van der Waals surface area contributed by atoms with Crippen LogP contribution in [-0.2, 0) is 23.7 Å². The van der Waals surface area contributed by atoms with Crippen molar-refractivity contribution in [3.63, 3.8) is 0 Å². The van der Waals surface area contributed by atoms with Crippen LogP contribution >= 0.6 is 0 Å². The molecule has 0 radical (unpaired) electrons. The maximum absolute atomic E-state index is 12.0. The molecule has 29 heavy (non-hydrogen) atoms. The molecule has 12 heteroatoms. The van der Waals surface area contributed by atoms with Gasteiger partial charge in [0.2, 0.25) is 6.29 Å². The van der Waals surface area contributed by atoms with Gasteiger partial charge >= 0.3 is 5.97 Å². The summed E-state index contributed by atoms with van der Waals surface area (Å²) >= 11 is 0. The first-order valence-corrected chi connectivity index (χ1v) is 9.21. The monoisotopic (exact) mass is 426 g/mol. The van der Waals surface area contributed by atoms with Crippen LogP contribution in [0.5, 0.6) is 0 Å². The highest BCUT2D eigenvalue weighted by atomic mass is 16.7. The number of aliphatic hydroxyl groups excluding tert-OH is 7. The third-order valence-corrected chi connectivity index (χ3v) is 4.78. The molecule has 0 aliphatic carbocycles. The van der Waals surface area contributed by atoms with Crippen LogP contribution < -0.4 is 0 Å². The van der Waals surface area contributed by atoms with Gasteiger partial charge in [-0.2, -0.15) is 0 Å². The van der Waals surface area contributed by atoms with E-state index in [-0.39, 0.29) is 0 Å². The molecule has 2 saturated heterocycles. The number of esters is 1. The highest BCUT2D eigenvalue weighted by Crippen LogP contribution is 2.27. The molecule has 0 spiro atoms. The van der Waals surface area contributed by atoms with E-state index in [2.05, 4.69) is 0 Å². The number of hydrogen-bond acceptors (Lipinski definition) is 12. The Morgan fingerprint density at radius 3 is 1.79 bits per heavy atom. The van der Waals surface area contributed by atoms with Gasteiger partial charge in [0.25, 0.3) is 0 Å². The Balaban J connectivity index is 2.02. The van der Waals surface area contributed by atoms with Crippen LogP contribution in [0.15, 0.2) is 0 Å². The average molecular weight is 426 g/mol. The molecule has 0 amide bonds. The fraction of sp³-hybridized carbons (Fsp3) is 0.941. The molecule has 170 valence electrons. The van der Waals surface area contributed by atoms with Crippen molar-refractivity contribution in [1.29, 1.82) is 0 Å². The lowest BCUT2D eigenvalue weighted by Gasteiger charge is -2.42. The summed E-state index contributed by atoms with van der Waals surface area (Å²) in [6, 6.07) is 0. The summed E-state index contributed by atoms with van der Waals surface area (Å²) < 4.78 is 20.9. The molecule has 6 unspecified atom stereocenters. The van der Waals surface area contributed by atoms with Crippen molar-refractivity contribution in [1.82, 2.24) is 0 Å². The molecular weight excluding hydrogens is 396 g/mol. The van der Waals surface area contributed by atoms with E-state index in [0.29, 0.717) is 0 Å². The van der Waals surface area contributed by atoms with Crippen molar-refractivity contribution in [3.8, 4) is 0 Å². The largest absolute Gasteiger partial charge is 0.432 e. The van der Waals surface area contributed by atoms with Gasteiger partial charge < -0.3 is 54.7 Å². The van der Waals surface area contributed by atoms with E-state index in [1.165, 1.54) is 0 Å². The van der Waals surface area contributed by atoms with Gasteiger partial charge in [-0.1, -0.05) is 0 Å². The number of ether oxygens (including phenoxy) is 4. The van der Waals surface area contributed by atoms with Crippen LogP contribution in [0.4, 0.5) is 0 Å². The van der Waals surface area contributed by atoms with Gasteiger partial charge in [-0.3, -0.25) is 4.79 Å². The Morgan fingerprint density at radius 2 is 1.28 bits per heavy atom. The quantitative estimate of drug-likeness (QED) is 0.212. The van der Waals surface area contributed by atoms with Crippen molar-refractivity contribution in [2.75, 3.05) is 13.2 Å². The number of rotatable bonds is 5. The van der Waals surface area contributed by atoms with Crippen LogP contribution in [0, 0.1) is 5.41 Å². The average Bonchev–Trinajstić information content (AvgIpc) is 2.66. The summed E-state index contributed by atoms with van der Waals surface area (Å²) in [4.78, 5) is 12.0. The molecule has 7 N–H and O–H groups in total. The van der Waals surface area contributed by atoms with Gasteiger partial charge in [0, 0.05) is 0 Å². The fourth-order valence-corrected chi connectivity index (χ4v) is 2.83. The third-order valence-electron chi connectivity index (χ3n) is 4.78. The second-order valence-electron chi connectivity index (χ2n) is 8.20. The number of carbonyl (C=O) groups excluding carboxylic acids is 1. The molecule has 0 aromatic heterocycles. The fourth-order valence-electron chi connectivity index (χ4n) is 2.83. The first-order chi connectivity index (χ1) is 13.4. The van der Waals surface area contributed by atoms with Gasteiger partial charge in [-0.05, 0) is 20.8 Å². The molecule has 0 saturated carbocycles. The second-order valence-corrected chi connectivity index (χ2v) is 8.20. The number of carbonyl (C=O) groups is 1. The van der Waals surface area contributed by atoms with Crippen molar-refractivity contribution >= 4 is 5.97 Å². The highest BCUT2D eigenvalue weighted by Gasteiger charge is 2.48. The summed E-state index contributed by atoms with van der Waals surface area (Å²) in [6.45, 7) is 3.58. The van der Waals surface area contributed by atoms with Gasteiger partial charge in [0.15, 0.2) is 6.29 Å². The summed E-state index contributed by atoms with van der Waals surface area (Å²) in [5.41, 5.74) is -0.910. The molecule has 12 nitrogen and oxygen atoms in total. The molecular formula is C17H30O12. The molecule has 2 heterocycles. The van der Waals surface area contributed by atoms with E-state index in [0.717, 1.165) is 0 Å². The molecule has 0 aromatic carbocycles. The zero-order valence-corrected chi connectivity index (χ0v) is 16.4. The van der Waals surface area contributed by atoms with Gasteiger partial charge in [-0.25, -0.2) is 0 Å². The van der Waals surface area contributed by atoms with Crippen LogP contribution in [0.3, 0.4) is 0 Å². The molecule has 2 fully saturated rings. The van der Waals surface area contributed by atoms with E-state index in [9.17, 15) is 40.5 Å². The Bertz CT molecular complexity index is 549. The van der Waals surface area contributed by atoms with E-state index >= 15 is 0 Å². The maximum atomic E-state index is 12.0. The van der Waals surface area contributed by atoms with Crippen molar-refractivity contribution in [2.24, 2.45) is 5.41 Å². The van der Waals surface area contributed by atoms with Crippen molar-refractivity contribution in [2.45, 2.75) is 82.2 Å². The smallest absolute Gasteiger partial charge is 0.313 e. The van der Waals surface area contributed by atoms with Crippen LogP contribution in [0.1, 0.15) is 20.8 Å². The molecule has 0 bridgehead atoms. The van der Waals surface area contributed by atoms with Gasteiger partial charge in [0.1, 0.15) is 48.8 Å². The molecule has 0 aromatic rings. The normalized spacial score (nSPS) is 43.8. The lowest BCUT2D eigenvalue weighted by atomic mass is 9.96. The zero-order chi connectivity index (χ0) is 22.1. The molecule has 10 atom stereocenters. The Morgan fingerprint density at radius 1 is 0.793 bits per heavy atom. The summed E-state index contributed by atoms with van der Waals surface area (Å²) in [7, 11) is 0. The van der Waals surface area contributed by atoms with Gasteiger partial charge in [0.05, 0.1) is 18.6 Å². The zero-order valence-electron chi connectivity index (χ0n) is 16.4. The predicted octanol–water partition coefficient (Wildman–Crippen LogP) is -3.80. The third kappa shape index (κ3) is 5.41. The van der Waals surface area contributed by atoms with Crippen LogP contribution in [0.2, 0.25) is 0 Å². The van der Waals surface area contributed by atoms with Crippen molar-refractivity contribution in [3.05, 3.63) is 0 Å². The van der Waals surface area contributed by atoms with Crippen molar-refractivity contribution < 1.29 is 59.5 Å². The van der Waals surface area contributed by atoms with Crippen LogP contribution in [-0.4, -0.2) is 116 Å². The minimum absolute atomic E-state index is 0.503.